The number of nitrogens with zero attached hydrogens (tertiary/aromatic N) is 3. The van der Waals surface area contributed by atoms with Gasteiger partial charge in [0.15, 0.2) is 0 Å². The van der Waals surface area contributed by atoms with Crippen LogP contribution in [0.4, 0.5) is 18.9 Å². The fraction of sp³-hybridized carbons (Fsp3) is 0.500. The van der Waals surface area contributed by atoms with Gasteiger partial charge in [-0.25, -0.2) is 9.48 Å². The summed E-state index contributed by atoms with van der Waals surface area (Å²) in [5.41, 5.74) is -4.09. The number of pyridine rings is 1. The largest absolute Gasteiger partial charge is 0.478 e. The molecule has 2 N–H and O–H groups in total. The van der Waals surface area contributed by atoms with E-state index >= 15 is 0 Å². The van der Waals surface area contributed by atoms with Gasteiger partial charge >= 0.3 is 12.1 Å². The third kappa shape index (κ3) is 7.56. The van der Waals surface area contributed by atoms with Crippen LogP contribution in [0.25, 0.3) is 0 Å². The van der Waals surface area contributed by atoms with E-state index in [9.17, 15) is 27.6 Å². The quantitative estimate of drug-likeness (QED) is 0.390. The smallest absolute Gasteiger partial charge is 0.423 e. The molecule has 0 amide bonds. The van der Waals surface area contributed by atoms with Gasteiger partial charge in [0.2, 0.25) is 0 Å². The van der Waals surface area contributed by atoms with E-state index in [-0.39, 0.29) is 12.1 Å². The highest BCUT2D eigenvalue weighted by Gasteiger charge is 2.38. The number of hydrogen-bond donors (Lipinski definition) is 2. The Hall–Kier alpha value is -2.93. The molecule has 0 aliphatic heterocycles. The van der Waals surface area contributed by atoms with Gasteiger partial charge in [-0.2, -0.15) is 18.3 Å². The fourth-order valence-electron chi connectivity index (χ4n) is 2.89. The summed E-state index contributed by atoms with van der Waals surface area (Å²) in [6, 6.07) is 2.20. The number of halogens is 3. The van der Waals surface area contributed by atoms with E-state index in [1.165, 1.54) is 19.2 Å². The number of aromatic carboxylic acids is 1. The molecule has 33 heavy (non-hydrogen) atoms. The number of ether oxygens (including phenoxy) is 1. The number of aromatic nitrogens is 3. The summed E-state index contributed by atoms with van der Waals surface area (Å²) in [6.07, 6.45) is -2.80. The maximum atomic E-state index is 13.7. The highest BCUT2D eigenvalue weighted by molar-refractivity contribution is 6.76. The van der Waals surface area contributed by atoms with Gasteiger partial charge in [0, 0.05) is 39.5 Å². The van der Waals surface area contributed by atoms with Crippen molar-refractivity contribution in [2.75, 3.05) is 11.9 Å². The zero-order chi connectivity index (χ0) is 25.0. The van der Waals surface area contributed by atoms with Crippen LogP contribution in [0, 0.1) is 0 Å². The number of nitrogens with one attached hydrogen (secondary N) is 1. The summed E-state index contributed by atoms with van der Waals surface area (Å²) in [5.74, 6) is -1.27. The van der Waals surface area contributed by atoms with E-state index in [2.05, 4.69) is 30.1 Å². The van der Waals surface area contributed by atoms with Crippen LogP contribution in [-0.2, 0) is 24.2 Å². The molecule has 0 fully saturated rings. The normalized spacial score (nSPS) is 13.1. The Balaban J connectivity index is 2.20. The molecule has 2 aromatic rings. The monoisotopic (exact) mass is 488 g/mol. The van der Waals surface area contributed by atoms with E-state index in [0.29, 0.717) is 11.3 Å². The lowest BCUT2D eigenvalue weighted by molar-refractivity contribution is -0.138. The van der Waals surface area contributed by atoms with Crippen LogP contribution in [0.1, 0.15) is 22.8 Å². The van der Waals surface area contributed by atoms with Gasteiger partial charge in [0.1, 0.15) is 12.3 Å². The maximum Gasteiger partial charge on any atom is 0.423 e. The van der Waals surface area contributed by atoms with E-state index in [4.69, 9.17) is 9.84 Å². The molecule has 0 aromatic carbocycles. The van der Waals surface area contributed by atoms with Gasteiger partial charge in [0.05, 0.1) is 17.4 Å². The minimum absolute atomic E-state index is 0.0705. The average Bonchev–Trinajstić information content (AvgIpc) is 2.66. The Morgan fingerprint density at radius 2 is 1.97 bits per heavy atom. The molecule has 1 atom stereocenters. The summed E-state index contributed by atoms with van der Waals surface area (Å²) < 4.78 is 48.1. The third-order valence-corrected chi connectivity index (χ3v) is 6.36. The number of carboxylic acids is 1. The average molecular weight is 489 g/mol. The predicted octanol–water partition coefficient (Wildman–Crippen LogP) is 2.93. The van der Waals surface area contributed by atoms with Gasteiger partial charge in [-0.3, -0.25) is 9.59 Å². The summed E-state index contributed by atoms with van der Waals surface area (Å²) in [6.45, 7) is 7.74. The number of rotatable bonds is 10. The zero-order valence-electron chi connectivity index (χ0n) is 18.8. The van der Waals surface area contributed by atoms with Crippen LogP contribution in [0.3, 0.4) is 0 Å². The molecule has 2 heterocycles. The van der Waals surface area contributed by atoms with Crippen molar-refractivity contribution >= 4 is 19.7 Å². The van der Waals surface area contributed by atoms with E-state index in [1.807, 2.05) is 0 Å². The highest BCUT2D eigenvalue weighted by Crippen LogP contribution is 2.32. The molecule has 0 bridgehead atoms. The molecule has 2 rings (SSSR count). The van der Waals surface area contributed by atoms with Crippen molar-refractivity contribution in [2.24, 2.45) is 0 Å². The number of carbonyl (C=O) groups is 1. The first kappa shape index (κ1) is 26.3. The number of alkyl halides is 3. The SMILES string of the molecule is C[C@@H](Cn1ccc(C(=O)O)cc1=O)Nc1cnn(COCC[Si](C)(C)C)c(=O)c1C(F)(F)F. The van der Waals surface area contributed by atoms with Crippen molar-refractivity contribution in [3.8, 4) is 0 Å². The molecule has 13 heteroatoms. The van der Waals surface area contributed by atoms with Gasteiger partial charge in [0.25, 0.3) is 11.1 Å². The number of hydrogen-bond acceptors (Lipinski definition) is 6. The topological polar surface area (TPSA) is 115 Å². The minimum Gasteiger partial charge on any atom is -0.478 e. The van der Waals surface area contributed by atoms with Crippen molar-refractivity contribution in [1.82, 2.24) is 14.3 Å². The van der Waals surface area contributed by atoms with Gasteiger partial charge < -0.3 is 19.7 Å². The van der Waals surface area contributed by atoms with Crippen molar-refractivity contribution < 1.29 is 27.8 Å². The zero-order valence-corrected chi connectivity index (χ0v) is 19.8. The fourth-order valence-corrected chi connectivity index (χ4v) is 3.65. The van der Waals surface area contributed by atoms with Crippen LogP contribution in [0.2, 0.25) is 25.7 Å². The molecule has 0 radical (unpaired) electrons. The van der Waals surface area contributed by atoms with E-state index in [1.54, 1.807) is 0 Å². The molecule has 182 valence electrons. The van der Waals surface area contributed by atoms with Gasteiger partial charge in [-0.05, 0) is 19.0 Å². The molecular weight excluding hydrogens is 461 g/mol. The second kappa shape index (κ2) is 10.3. The molecule has 0 unspecified atom stereocenters. The first-order valence-electron chi connectivity index (χ1n) is 10.1. The Labute approximate surface area is 188 Å². The maximum absolute atomic E-state index is 13.7. The third-order valence-electron chi connectivity index (χ3n) is 4.65. The number of carboxylic acid groups (broad SMARTS) is 1. The lowest BCUT2D eigenvalue weighted by Crippen LogP contribution is -2.35. The molecule has 2 aromatic heterocycles. The van der Waals surface area contributed by atoms with Crippen molar-refractivity contribution in [1.29, 1.82) is 0 Å². The summed E-state index contributed by atoms with van der Waals surface area (Å²) >= 11 is 0. The van der Waals surface area contributed by atoms with E-state index in [0.717, 1.165) is 22.9 Å². The summed E-state index contributed by atoms with van der Waals surface area (Å²) in [7, 11) is -1.40. The predicted molar refractivity (Wildman–Crippen MR) is 118 cm³/mol. The summed E-state index contributed by atoms with van der Waals surface area (Å²) in [5, 5.41) is 15.3. The molecule has 0 spiro atoms. The van der Waals surface area contributed by atoms with Gasteiger partial charge in [-0.1, -0.05) is 19.6 Å². The first-order chi connectivity index (χ1) is 15.2. The Kier molecular flexibility index (Phi) is 8.24. The van der Waals surface area contributed by atoms with Crippen molar-refractivity contribution in [2.45, 2.75) is 58.1 Å². The van der Waals surface area contributed by atoms with Crippen LogP contribution in [0.15, 0.2) is 34.1 Å². The molecule has 0 saturated carbocycles. The van der Waals surface area contributed by atoms with Crippen LogP contribution in [0.5, 0.6) is 0 Å². The molecule has 0 aliphatic carbocycles. The minimum atomic E-state index is -4.94. The van der Waals surface area contributed by atoms with Crippen molar-refractivity contribution in [3.05, 3.63) is 56.4 Å². The Morgan fingerprint density at radius 1 is 1.30 bits per heavy atom. The second-order valence-corrected chi connectivity index (χ2v) is 14.5. The first-order valence-corrected chi connectivity index (χ1v) is 13.8. The lowest BCUT2D eigenvalue weighted by atomic mass is 10.2. The van der Waals surface area contributed by atoms with Crippen molar-refractivity contribution in [3.63, 3.8) is 0 Å². The van der Waals surface area contributed by atoms with Crippen LogP contribution in [-0.4, -0.2) is 46.1 Å². The van der Waals surface area contributed by atoms with Crippen LogP contribution < -0.4 is 16.4 Å². The second-order valence-electron chi connectivity index (χ2n) is 8.84. The molecule has 0 aliphatic rings. The standard InChI is InChI=1S/C20H27F3N4O5Si/c1-13(11-26-6-5-14(19(30)31)9-16(26)28)25-15-10-24-27(12-32-7-8-33(2,3)4)18(29)17(15)20(21,22)23/h5-6,9-10,13,25H,7-8,11-12H2,1-4H3,(H,30,31)/t13-/m0/s1. The molecule has 9 nitrogen and oxygen atoms in total. The Morgan fingerprint density at radius 3 is 2.52 bits per heavy atom. The highest BCUT2D eigenvalue weighted by atomic mass is 28.3. The molecular formula is C20H27F3N4O5Si. The lowest BCUT2D eigenvalue weighted by Gasteiger charge is -2.20. The van der Waals surface area contributed by atoms with Crippen LogP contribution >= 0.6 is 0 Å². The van der Waals surface area contributed by atoms with E-state index < -0.39 is 55.4 Å². The number of anilines is 1. The summed E-state index contributed by atoms with van der Waals surface area (Å²) in [4.78, 5) is 35.5. The van der Waals surface area contributed by atoms with Gasteiger partial charge in [-0.15, -0.1) is 0 Å². The Bertz CT molecular complexity index is 1110. The molecule has 0 saturated heterocycles.